The van der Waals surface area contributed by atoms with Gasteiger partial charge in [-0.25, -0.2) is 0 Å². The van der Waals surface area contributed by atoms with Gasteiger partial charge in [-0.2, -0.15) is 4.98 Å². The molecule has 0 spiro atoms. The molecule has 3 heterocycles. The average Bonchev–Trinajstić information content (AvgIpc) is 3.05. The SMILES string of the molecule is COC(C)c1noc(-c2ccc3nncn3c2)n1. The number of pyridine rings is 1. The topological polar surface area (TPSA) is 78.3 Å². The van der Waals surface area contributed by atoms with Crippen LogP contribution < -0.4 is 0 Å². The first-order chi connectivity index (χ1) is 8.78. The fourth-order valence-electron chi connectivity index (χ4n) is 1.58. The van der Waals surface area contributed by atoms with Gasteiger partial charge >= 0.3 is 0 Å². The summed E-state index contributed by atoms with van der Waals surface area (Å²) in [5, 5.41) is 11.6. The number of aromatic nitrogens is 5. The zero-order chi connectivity index (χ0) is 12.5. The molecule has 3 aromatic rings. The number of rotatable bonds is 3. The summed E-state index contributed by atoms with van der Waals surface area (Å²) in [5.41, 5.74) is 1.58. The van der Waals surface area contributed by atoms with Crippen molar-refractivity contribution in [2.24, 2.45) is 0 Å². The second-order valence-electron chi connectivity index (χ2n) is 3.85. The summed E-state index contributed by atoms with van der Waals surface area (Å²) in [6.07, 6.45) is 3.26. The molecule has 0 aromatic carbocycles. The van der Waals surface area contributed by atoms with Gasteiger partial charge in [0.15, 0.2) is 5.65 Å². The quantitative estimate of drug-likeness (QED) is 0.695. The normalized spacial score (nSPS) is 13.0. The average molecular weight is 245 g/mol. The van der Waals surface area contributed by atoms with Crippen molar-refractivity contribution < 1.29 is 9.26 Å². The molecule has 0 N–H and O–H groups in total. The highest BCUT2D eigenvalue weighted by atomic mass is 16.5. The highest BCUT2D eigenvalue weighted by Crippen LogP contribution is 2.20. The fraction of sp³-hybridized carbons (Fsp3) is 0.273. The van der Waals surface area contributed by atoms with Gasteiger partial charge in [0, 0.05) is 13.3 Å². The molecule has 0 amide bonds. The molecule has 92 valence electrons. The lowest BCUT2D eigenvalue weighted by Crippen LogP contribution is -1.97. The van der Waals surface area contributed by atoms with Gasteiger partial charge in [-0.1, -0.05) is 5.16 Å². The maximum atomic E-state index is 5.20. The number of ether oxygens (including phenoxy) is 1. The standard InChI is InChI=1S/C11H11N5O2/c1-7(17-2)10-13-11(18-15-10)8-3-4-9-14-12-6-16(9)5-8/h3-7H,1-2H3. The summed E-state index contributed by atoms with van der Waals surface area (Å²) in [5.74, 6) is 0.973. The van der Waals surface area contributed by atoms with E-state index in [0.29, 0.717) is 11.7 Å². The minimum atomic E-state index is -0.193. The molecule has 1 atom stereocenters. The van der Waals surface area contributed by atoms with Crippen LogP contribution in [0.25, 0.3) is 17.1 Å². The maximum absolute atomic E-state index is 5.20. The van der Waals surface area contributed by atoms with Crippen LogP contribution in [0.1, 0.15) is 18.9 Å². The lowest BCUT2D eigenvalue weighted by Gasteiger charge is -2.00. The summed E-state index contributed by atoms with van der Waals surface area (Å²) < 4.78 is 12.1. The van der Waals surface area contributed by atoms with Gasteiger partial charge in [-0.05, 0) is 19.1 Å². The Morgan fingerprint density at radius 3 is 3.11 bits per heavy atom. The van der Waals surface area contributed by atoms with E-state index in [1.807, 2.05) is 25.3 Å². The second-order valence-corrected chi connectivity index (χ2v) is 3.85. The summed E-state index contributed by atoms with van der Waals surface area (Å²) in [7, 11) is 1.60. The maximum Gasteiger partial charge on any atom is 0.259 e. The Morgan fingerprint density at radius 2 is 2.28 bits per heavy atom. The molecule has 7 heteroatoms. The number of nitrogens with zero attached hydrogens (tertiary/aromatic N) is 5. The third-order valence-corrected chi connectivity index (χ3v) is 2.70. The predicted octanol–water partition coefficient (Wildman–Crippen LogP) is 1.49. The molecular weight excluding hydrogens is 234 g/mol. The van der Waals surface area contributed by atoms with Crippen molar-refractivity contribution in [2.45, 2.75) is 13.0 Å². The zero-order valence-corrected chi connectivity index (χ0v) is 9.94. The second kappa shape index (κ2) is 4.19. The van der Waals surface area contributed by atoms with E-state index in [9.17, 15) is 0 Å². The van der Waals surface area contributed by atoms with Crippen molar-refractivity contribution in [3.63, 3.8) is 0 Å². The zero-order valence-electron chi connectivity index (χ0n) is 9.94. The van der Waals surface area contributed by atoms with Crippen LogP contribution in [0.2, 0.25) is 0 Å². The van der Waals surface area contributed by atoms with Gasteiger partial charge in [0.25, 0.3) is 5.89 Å². The molecular formula is C11H11N5O2. The third-order valence-electron chi connectivity index (χ3n) is 2.70. The molecule has 0 saturated heterocycles. The number of hydrogen-bond donors (Lipinski definition) is 0. The summed E-state index contributed by atoms with van der Waals surface area (Å²) in [6, 6.07) is 3.70. The van der Waals surface area contributed by atoms with Gasteiger partial charge in [-0.15, -0.1) is 10.2 Å². The molecule has 0 aliphatic carbocycles. The number of fused-ring (bicyclic) bond motifs is 1. The molecule has 3 rings (SSSR count). The molecule has 0 aliphatic heterocycles. The molecule has 0 saturated carbocycles. The van der Waals surface area contributed by atoms with E-state index in [0.717, 1.165) is 11.2 Å². The molecule has 0 aliphatic rings. The lowest BCUT2D eigenvalue weighted by atomic mass is 10.3. The molecule has 3 aromatic heterocycles. The van der Waals surface area contributed by atoms with Gasteiger partial charge in [-0.3, -0.25) is 4.40 Å². The van der Waals surface area contributed by atoms with E-state index in [-0.39, 0.29) is 6.10 Å². The van der Waals surface area contributed by atoms with E-state index in [2.05, 4.69) is 20.3 Å². The molecule has 0 radical (unpaired) electrons. The highest BCUT2D eigenvalue weighted by Gasteiger charge is 2.14. The predicted molar refractivity (Wildman–Crippen MR) is 61.7 cm³/mol. The van der Waals surface area contributed by atoms with Crippen molar-refractivity contribution in [3.05, 3.63) is 30.5 Å². The van der Waals surface area contributed by atoms with Gasteiger partial charge in [0.1, 0.15) is 12.4 Å². The summed E-state index contributed by atoms with van der Waals surface area (Å²) in [4.78, 5) is 4.29. The van der Waals surface area contributed by atoms with Crippen LogP contribution in [0, 0.1) is 0 Å². The molecule has 1 unspecified atom stereocenters. The largest absolute Gasteiger partial charge is 0.374 e. The van der Waals surface area contributed by atoms with E-state index < -0.39 is 0 Å². The first kappa shape index (κ1) is 10.8. The van der Waals surface area contributed by atoms with Crippen molar-refractivity contribution >= 4 is 5.65 Å². The minimum Gasteiger partial charge on any atom is -0.374 e. The van der Waals surface area contributed by atoms with Crippen molar-refractivity contribution in [2.75, 3.05) is 7.11 Å². The van der Waals surface area contributed by atoms with Crippen LogP contribution in [0.5, 0.6) is 0 Å². The monoisotopic (exact) mass is 245 g/mol. The fourth-order valence-corrected chi connectivity index (χ4v) is 1.58. The Hall–Kier alpha value is -2.28. The molecule has 7 nitrogen and oxygen atoms in total. The van der Waals surface area contributed by atoms with E-state index in [4.69, 9.17) is 9.26 Å². The van der Waals surface area contributed by atoms with Crippen LogP contribution in [0.4, 0.5) is 0 Å². The van der Waals surface area contributed by atoms with Crippen molar-refractivity contribution in [1.29, 1.82) is 0 Å². The van der Waals surface area contributed by atoms with Gasteiger partial charge < -0.3 is 9.26 Å². The smallest absolute Gasteiger partial charge is 0.259 e. The van der Waals surface area contributed by atoms with E-state index in [1.165, 1.54) is 0 Å². The van der Waals surface area contributed by atoms with Crippen LogP contribution in [0.3, 0.4) is 0 Å². The van der Waals surface area contributed by atoms with Crippen molar-refractivity contribution in [3.8, 4) is 11.5 Å². The molecule has 0 fully saturated rings. The Morgan fingerprint density at radius 1 is 1.39 bits per heavy atom. The first-order valence-corrected chi connectivity index (χ1v) is 5.44. The Bertz CT molecular complexity index is 675. The third kappa shape index (κ3) is 1.74. The van der Waals surface area contributed by atoms with E-state index >= 15 is 0 Å². The number of hydrogen-bond acceptors (Lipinski definition) is 6. The molecule has 0 bridgehead atoms. The Labute approximate surface area is 102 Å². The van der Waals surface area contributed by atoms with Crippen LogP contribution in [0.15, 0.2) is 29.2 Å². The van der Waals surface area contributed by atoms with E-state index in [1.54, 1.807) is 17.8 Å². The Kier molecular flexibility index (Phi) is 2.52. The van der Waals surface area contributed by atoms with Crippen LogP contribution in [-0.2, 0) is 4.74 Å². The van der Waals surface area contributed by atoms with Gasteiger partial charge in [0.05, 0.1) is 5.56 Å². The lowest BCUT2D eigenvalue weighted by molar-refractivity contribution is 0.109. The minimum absolute atomic E-state index is 0.193. The van der Waals surface area contributed by atoms with Crippen molar-refractivity contribution in [1.82, 2.24) is 24.7 Å². The Balaban J connectivity index is 2.00. The van der Waals surface area contributed by atoms with Crippen LogP contribution >= 0.6 is 0 Å². The first-order valence-electron chi connectivity index (χ1n) is 5.44. The van der Waals surface area contributed by atoms with Crippen LogP contribution in [-0.4, -0.2) is 31.8 Å². The molecule has 18 heavy (non-hydrogen) atoms. The highest BCUT2D eigenvalue weighted by molar-refractivity contribution is 5.55. The summed E-state index contributed by atoms with van der Waals surface area (Å²) >= 11 is 0. The van der Waals surface area contributed by atoms with Gasteiger partial charge in [0.2, 0.25) is 5.82 Å². The summed E-state index contributed by atoms with van der Waals surface area (Å²) in [6.45, 7) is 1.86. The number of methoxy groups -OCH3 is 1.